The lowest BCUT2D eigenvalue weighted by molar-refractivity contribution is -0.143. The van der Waals surface area contributed by atoms with Gasteiger partial charge in [-0.25, -0.2) is 4.79 Å². The molecule has 0 saturated carbocycles. The van der Waals surface area contributed by atoms with Gasteiger partial charge in [0.25, 0.3) is 0 Å². The molecule has 0 aliphatic rings. The van der Waals surface area contributed by atoms with Crippen LogP contribution in [0.4, 0.5) is 0 Å². The van der Waals surface area contributed by atoms with E-state index in [9.17, 15) is 29.1 Å². The number of carbonyl (C=O) groups is 5. The normalized spacial score (nSPS) is 13.8. The molecule has 12 nitrogen and oxygen atoms in total. The van der Waals surface area contributed by atoms with Crippen LogP contribution >= 0.6 is 0 Å². The molecule has 0 aromatic heterocycles. The van der Waals surface area contributed by atoms with Crippen LogP contribution in [0.25, 0.3) is 0 Å². The Balaban J connectivity index is 5.01. The molecule has 0 aliphatic heterocycles. The van der Waals surface area contributed by atoms with Crippen LogP contribution in [0.15, 0.2) is 0 Å². The van der Waals surface area contributed by atoms with Crippen LogP contribution in [0.3, 0.4) is 0 Å². The molecule has 0 saturated heterocycles. The highest BCUT2D eigenvalue weighted by atomic mass is 16.4. The van der Waals surface area contributed by atoms with E-state index in [4.69, 9.17) is 22.3 Å². The van der Waals surface area contributed by atoms with Crippen LogP contribution in [-0.2, 0) is 24.0 Å². The third-order valence-corrected chi connectivity index (χ3v) is 3.88. The van der Waals surface area contributed by atoms with Crippen molar-refractivity contribution in [2.24, 2.45) is 17.2 Å². The molecule has 0 unspecified atom stereocenters. The molecule has 0 aliphatic carbocycles. The molecule has 28 heavy (non-hydrogen) atoms. The molecular formula is C16H29N5O7. The van der Waals surface area contributed by atoms with E-state index in [0.717, 1.165) is 0 Å². The summed E-state index contributed by atoms with van der Waals surface area (Å²) in [6.45, 7) is 0.376. The Labute approximate surface area is 162 Å². The van der Waals surface area contributed by atoms with Gasteiger partial charge in [0.05, 0.1) is 6.04 Å². The molecule has 0 fully saturated rings. The highest BCUT2D eigenvalue weighted by Gasteiger charge is 2.28. The van der Waals surface area contributed by atoms with E-state index in [2.05, 4.69) is 10.6 Å². The smallest absolute Gasteiger partial charge is 0.326 e. The van der Waals surface area contributed by atoms with Crippen LogP contribution in [0, 0.1) is 0 Å². The molecule has 0 heterocycles. The van der Waals surface area contributed by atoms with Crippen LogP contribution in [0.1, 0.15) is 44.9 Å². The summed E-state index contributed by atoms with van der Waals surface area (Å²) in [6, 6.07) is -3.63. The van der Waals surface area contributed by atoms with Gasteiger partial charge in [0.1, 0.15) is 12.1 Å². The third kappa shape index (κ3) is 11.1. The van der Waals surface area contributed by atoms with Gasteiger partial charge in [0, 0.05) is 12.8 Å². The lowest BCUT2D eigenvalue weighted by atomic mass is 10.1. The number of amides is 3. The van der Waals surface area contributed by atoms with Crippen molar-refractivity contribution in [2.45, 2.75) is 63.1 Å². The number of nitrogens with two attached hydrogens (primary N) is 3. The van der Waals surface area contributed by atoms with E-state index in [-0.39, 0.29) is 25.7 Å². The van der Waals surface area contributed by atoms with Gasteiger partial charge in [0.2, 0.25) is 17.7 Å². The second-order valence-electron chi connectivity index (χ2n) is 6.29. The Bertz CT molecular complexity index is 570. The van der Waals surface area contributed by atoms with Crippen LogP contribution in [0.5, 0.6) is 0 Å². The first-order valence-corrected chi connectivity index (χ1v) is 8.87. The number of rotatable bonds is 15. The summed E-state index contributed by atoms with van der Waals surface area (Å²) in [5, 5.41) is 22.6. The number of aliphatic carboxylic acids is 2. The number of primary amides is 1. The highest BCUT2D eigenvalue weighted by molar-refractivity contribution is 5.92. The average Bonchev–Trinajstić information content (AvgIpc) is 2.61. The maximum atomic E-state index is 12.4. The Kier molecular flexibility index (Phi) is 12.1. The molecule has 0 spiro atoms. The van der Waals surface area contributed by atoms with E-state index in [1.807, 2.05) is 0 Å². The molecule has 0 bridgehead atoms. The maximum Gasteiger partial charge on any atom is 0.326 e. The third-order valence-electron chi connectivity index (χ3n) is 3.88. The number of hydrogen-bond donors (Lipinski definition) is 7. The Hall–Kier alpha value is -2.73. The quantitative estimate of drug-likeness (QED) is 0.145. The predicted molar refractivity (Wildman–Crippen MR) is 97.7 cm³/mol. The first-order chi connectivity index (χ1) is 13.1. The summed E-state index contributed by atoms with van der Waals surface area (Å²) in [7, 11) is 0. The van der Waals surface area contributed by atoms with Crippen molar-refractivity contribution in [1.82, 2.24) is 10.6 Å². The van der Waals surface area contributed by atoms with Crippen LogP contribution in [-0.4, -0.2) is 64.5 Å². The molecule has 12 heteroatoms. The van der Waals surface area contributed by atoms with Gasteiger partial charge < -0.3 is 38.0 Å². The van der Waals surface area contributed by atoms with Crippen molar-refractivity contribution in [1.29, 1.82) is 0 Å². The van der Waals surface area contributed by atoms with Gasteiger partial charge in [-0.05, 0) is 38.6 Å². The minimum absolute atomic E-state index is 0.0503. The molecule has 160 valence electrons. The molecule has 10 N–H and O–H groups in total. The maximum absolute atomic E-state index is 12.4. The Morgan fingerprint density at radius 3 is 1.93 bits per heavy atom. The fourth-order valence-electron chi connectivity index (χ4n) is 2.27. The van der Waals surface area contributed by atoms with E-state index in [0.29, 0.717) is 19.4 Å². The zero-order chi connectivity index (χ0) is 21.7. The van der Waals surface area contributed by atoms with Gasteiger partial charge in [-0.3, -0.25) is 19.2 Å². The summed E-state index contributed by atoms with van der Waals surface area (Å²) < 4.78 is 0. The number of carbonyl (C=O) groups excluding carboxylic acids is 3. The second-order valence-corrected chi connectivity index (χ2v) is 6.29. The number of carboxylic acid groups (broad SMARTS) is 2. The second kappa shape index (κ2) is 13.4. The predicted octanol–water partition coefficient (Wildman–Crippen LogP) is -2.37. The van der Waals surface area contributed by atoms with Gasteiger partial charge in [-0.2, -0.15) is 0 Å². The molecule has 0 rings (SSSR count). The SMILES string of the molecule is NCCCC[C@H](NC(=O)[C@H](CCC(=O)O)NC(=O)[C@@H](N)CCC(N)=O)C(=O)O. The number of unbranched alkanes of at least 4 members (excludes halogenated alkanes) is 1. The lowest BCUT2D eigenvalue weighted by Crippen LogP contribution is -2.54. The summed E-state index contributed by atoms with van der Waals surface area (Å²) in [5.41, 5.74) is 16.0. The number of nitrogens with one attached hydrogen (secondary N) is 2. The fraction of sp³-hybridized carbons (Fsp3) is 0.688. The topological polar surface area (TPSA) is 228 Å². The molecule has 3 atom stereocenters. The minimum Gasteiger partial charge on any atom is -0.481 e. The van der Waals surface area contributed by atoms with Crippen molar-refractivity contribution in [3.63, 3.8) is 0 Å². The van der Waals surface area contributed by atoms with Gasteiger partial charge in [-0.1, -0.05) is 0 Å². The molecule has 0 radical (unpaired) electrons. The van der Waals surface area contributed by atoms with E-state index in [1.165, 1.54) is 0 Å². The average molecular weight is 403 g/mol. The highest BCUT2D eigenvalue weighted by Crippen LogP contribution is 2.05. The van der Waals surface area contributed by atoms with Crippen molar-refractivity contribution >= 4 is 29.7 Å². The largest absolute Gasteiger partial charge is 0.481 e. The van der Waals surface area contributed by atoms with E-state index >= 15 is 0 Å². The Morgan fingerprint density at radius 1 is 0.821 bits per heavy atom. The Morgan fingerprint density at radius 2 is 1.43 bits per heavy atom. The van der Waals surface area contributed by atoms with Crippen LogP contribution < -0.4 is 27.8 Å². The van der Waals surface area contributed by atoms with E-state index < -0.39 is 54.2 Å². The summed E-state index contributed by atoms with van der Waals surface area (Å²) in [5.74, 6) is -4.71. The van der Waals surface area contributed by atoms with Gasteiger partial charge in [0.15, 0.2) is 0 Å². The van der Waals surface area contributed by atoms with Crippen LogP contribution in [0.2, 0.25) is 0 Å². The summed E-state index contributed by atoms with van der Waals surface area (Å²) >= 11 is 0. The summed E-state index contributed by atoms with van der Waals surface area (Å²) in [4.78, 5) is 57.4. The first-order valence-electron chi connectivity index (χ1n) is 8.87. The molecule has 0 aromatic rings. The number of hydrogen-bond acceptors (Lipinski definition) is 7. The molecule has 3 amide bonds. The monoisotopic (exact) mass is 403 g/mol. The summed E-state index contributed by atoms with van der Waals surface area (Å²) in [6.07, 6.45) is 0.305. The minimum atomic E-state index is -1.29. The first kappa shape index (κ1) is 25.3. The van der Waals surface area contributed by atoms with Crippen molar-refractivity contribution < 1.29 is 34.2 Å². The van der Waals surface area contributed by atoms with E-state index in [1.54, 1.807) is 0 Å². The standard InChI is InChI=1S/C16H29N5O7/c17-8-2-1-3-11(16(27)28)21-15(26)10(5-7-13(23)24)20-14(25)9(18)4-6-12(19)22/h9-11H,1-8,17-18H2,(H2,19,22)(H,20,25)(H,21,26)(H,23,24)(H,27,28)/t9-,10-,11-/m0/s1. The van der Waals surface area contributed by atoms with Gasteiger partial charge in [-0.15, -0.1) is 0 Å². The fourth-order valence-corrected chi connectivity index (χ4v) is 2.27. The number of carboxylic acids is 2. The zero-order valence-electron chi connectivity index (χ0n) is 15.6. The van der Waals surface area contributed by atoms with Gasteiger partial charge >= 0.3 is 11.9 Å². The van der Waals surface area contributed by atoms with Crippen molar-refractivity contribution in [2.75, 3.05) is 6.54 Å². The zero-order valence-corrected chi connectivity index (χ0v) is 15.6. The van der Waals surface area contributed by atoms with Crippen molar-refractivity contribution in [3.05, 3.63) is 0 Å². The molecule has 0 aromatic carbocycles. The molecular weight excluding hydrogens is 374 g/mol. The lowest BCUT2D eigenvalue weighted by Gasteiger charge is -2.22. The van der Waals surface area contributed by atoms with Crippen molar-refractivity contribution in [3.8, 4) is 0 Å².